The summed E-state index contributed by atoms with van der Waals surface area (Å²) in [6, 6.07) is 7.92. The van der Waals surface area contributed by atoms with E-state index >= 15 is 0 Å². The Hall–Kier alpha value is -0.870. The maximum Gasteiger partial charge on any atom is 0.226 e. The summed E-state index contributed by atoms with van der Waals surface area (Å²) in [6.07, 6.45) is 2.71. The van der Waals surface area contributed by atoms with Crippen LogP contribution in [0.1, 0.15) is 18.4 Å². The zero-order chi connectivity index (χ0) is 13.0. The number of hydrogen-bond acceptors (Lipinski definition) is 2. The Bertz CT molecular complexity index is 397. The summed E-state index contributed by atoms with van der Waals surface area (Å²) in [5.74, 6) is 0.215. The van der Waals surface area contributed by atoms with E-state index < -0.39 is 0 Å². The van der Waals surface area contributed by atoms with Crippen molar-refractivity contribution in [2.24, 2.45) is 0 Å². The zero-order valence-corrected chi connectivity index (χ0v) is 12.1. The molecule has 1 saturated heterocycles. The molecule has 0 spiro atoms. The standard InChI is InChI=1S/C14H18BrNO2/c1-18-13-6-8-16(9-7-13)14(17)10-11-2-4-12(15)5-3-11/h2-5,13H,6-10H2,1H3. The number of likely N-dealkylation sites (tertiary alicyclic amines) is 1. The lowest BCUT2D eigenvalue weighted by atomic mass is 10.1. The second kappa shape index (κ2) is 6.34. The predicted octanol–water partition coefficient (Wildman–Crippen LogP) is 2.63. The van der Waals surface area contributed by atoms with Gasteiger partial charge in [-0.25, -0.2) is 0 Å². The van der Waals surface area contributed by atoms with Crippen molar-refractivity contribution in [3.8, 4) is 0 Å². The first kappa shape index (κ1) is 13.6. The monoisotopic (exact) mass is 311 g/mol. The summed E-state index contributed by atoms with van der Waals surface area (Å²) in [4.78, 5) is 14.1. The second-order valence-corrected chi connectivity index (χ2v) is 5.53. The molecule has 0 aliphatic carbocycles. The molecule has 1 amide bonds. The van der Waals surface area contributed by atoms with Gasteiger partial charge in [-0.2, -0.15) is 0 Å². The molecule has 1 fully saturated rings. The van der Waals surface area contributed by atoms with Crippen LogP contribution in [0.3, 0.4) is 0 Å². The van der Waals surface area contributed by atoms with Gasteiger partial charge in [0.15, 0.2) is 0 Å². The number of halogens is 1. The van der Waals surface area contributed by atoms with E-state index in [9.17, 15) is 4.79 Å². The third-order valence-corrected chi connectivity index (χ3v) is 3.93. The van der Waals surface area contributed by atoms with Crippen molar-refractivity contribution < 1.29 is 9.53 Å². The highest BCUT2D eigenvalue weighted by Gasteiger charge is 2.22. The molecule has 0 N–H and O–H groups in total. The molecule has 0 bridgehead atoms. The number of hydrogen-bond donors (Lipinski definition) is 0. The lowest BCUT2D eigenvalue weighted by Gasteiger charge is -2.31. The summed E-state index contributed by atoms with van der Waals surface area (Å²) >= 11 is 3.39. The highest BCUT2D eigenvalue weighted by atomic mass is 79.9. The van der Waals surface area contributed by atoms with Crippen molar-refractivity contribution in [3.63, 3.8) is 0 Å². The van der Waals surface area contributed by atoms with Gasteiger partial charge in [-0.05, 0) is 30.5 Å². The number of rotatable bonds is 3. The Labute approximate surface area is 116 Å². The highest BCUT2D eigenvalue weighted by Crippen LogP contribution is 2.15. The molecule has 2 rings (SSSR count). The lowest BCUT2D eigenvalue weighted by molar-refractivity contribution is -0.132. The highest BCUT2D eigenvalue weighted by molar-refractivity contribution is 9.10. The first-order chi connectivity index (χ1) is 8.69. The average Bonchev–Trinajstić information content (AvgIpc) is 2.41. The van der Waals surface area contributed by atoms with Crippen LogP contribution in [0.2, 0.25) is 0 Å². The van der Waals surface area contributed by atoms with Gasteiger partial charge in [-0.1, -0.05) is 28.1 Å². The summed E-state index contributed by atoms with van der Waals surface area (Å²) in [6.45, 7) is 1.63. The SMILES string of the molecule is COC1CCN(C(=O)Cc2ccc(Br)cc2)CC1. The fourth-order valence-electron chi connectivity index (χ4n) is 2.23. The number of benzene rings is 1. The smallest absolute Gasteiger partial charge is 0.226 e. The molecule has 98 valence electrons. The summed E-state index contributed by atoms with van der Waals surface area (Å²) in [7, 11) is 1.74. The lowest BCUT2D eigenvalue weighted by Crippen LogP contribution is -2.41. The third-order valence-electron chi connectivity index (χ3n) is 3.40. The molecule has 1 aliphatic heterocycles. The summed E-state index contributed by atoms with van der Waals surface area (Å²) in [5.41, 5.74) is 1.07. The topological polar surface area (TPSA) is 29.5 Å². The van der Waals surface area contributed by atoms with Gasteiger partial charge in [0, 0.05) is 24.7 Å². The van der Waals surface area contributed by atoms with E-state index in [1.54, 1.807) is 7.11 Å². The van der Waals surface area contributed by atoms with E-state index in [4.69, 9.17) is 4.74 Å². The van der Waals surface area contributed by atoms with Crippen molar-refractivity contribution >= 4 is 21.8 Å². The fourth-order valence-corrected chi connectivity index (χ4v) is 2.49. The number of methoxy groups -OCH3 is 1. The Morgan fingerprint density at radius 2 is 1.94 bits per heavy atom. The first-order valence-electron chi connectivity index (χ1n) is 6.24. The molecule has 1 aliphatic rings. The molecule has 0 unspecified atom stereocenters. The minimum absolute atomic E-state index is 0.215. The van der Waals surface area contributed by atoms with E-state index in [1.165, 1.54) is 0 Å². The van der Waals surface area contributed by atoms with Gasteiger partial charge in [0.2, 0.25) is 5.91 Å². The molecule has 18 heavy (non-hydrogen) atoms. The van der Waals surface area contributed by atoms with Gasteiger partial charge in [0.1, 0.15) is 0 Å². The number of piperidine rings is 1. The largest absolute Gasteiger partial charge is 0.381 e. The molecular weight excluding hydrogens is 294 g/mol. The first-order valence-corrected chi connectivity index (χ1v) is 7.03. The predicted molar refractivity (Wildman–Crippen MR) is 74.5 cm³/mol. The van der Waals surface area contributed by atoms with Crippen LogP contribution in [0.15, 0.2) is 28.7 Å². The fraction of sp³-hybridized carbons (Fsp3) is 0.500. The van der Waals surface area contributed by atoms with Gasteiger partial charge >= 0.3 is 0 Å². The van der Waals surface area contributed by atoms with E-state index in [1.807, 2.05) is 29.2 Å². The number of carbonyl (C=O) groups is 1. The molecule has 0 aromatic heterocycles. The Kier molecular flexibility index (Phi) is 4.78. The Morgan fingerprint density at radius 1 is 1.33 bits per heavy atom. The summed E-state index contributed by atoms with van der Waals surface area (Å²) < 4.78 is 6.35. The van der Waals surface area contributed by atoms with Crippen LogP contribution in [0, 0.1) is 0 Å². The van der Waals surface area contributed by atoms with E-state index in [2.05, 4.69) is 15.9 Å². The normalized spacial score (nSPS) is 16.9. The van der Waals surface area contributed by atoms with Gasteiger partial charge in [0.05, 0.1) is 12.5 Å². The van der Waals surface area contributed by atoms with Crippen LogP contribution in [0.5, 0.6) is 0 Å². The number of amides is 1. The summed E-state index contributed by atoms with van der Waals surface area (Å²) in [5, 5.41) is 0. The van der Waals surface area contributed by atoms with E-state index in [-0.39, 0.29) is 5.91 Å². The second-order valence-electron chi connectivity index (χ2n) is 4.62. The van der Waals surface area contributed by atoms with Crippen molar-refractivity contribution in [1.82, 2.24) is 4.90 Å². The molecule has 0 radical (unpaired) electrons. The molecule has 0 atom stereocenters. The molecular formula is C14H18BrNO2. The Morgan fingerprint density at radius 3 is 2.50 bits per heavy atom. The van der Waals surface area contributed by atoms with Crippen LogP contribution in [-0.4, -0.2) is 37.1 Å². The van der Waals surface area contributed by atoms with Crippen LogP contribution >= 0.6 is 15.9 Å². The Balaban J connectivity index is 1.87. The quantitative estimate of drug-likeness (QED) is 0.859. The minimum Gasteiger partial charge on any atom is -0.381 e. The molecule has 3 nitrogen and oxygen atoms in total. The minimum atomic E-state index is 0.215. The molecule has 1 aromatic carbocycles. The van der Waals surface area contributed by atoms with E-state index in [0.29, 0.717) is 12.5 Å². The molecule has 1 aromatic rings. The van der Waals surface area contributed by atoms with Crippen LogP contribution in [0.25, 0.3) is 0 Å². The maximum absolute atomic E-state index is 12.1. The van der Waals surface area contributed by atoms with Crippen molar-refractivity contribution in [2.75, 3.05) is 20.2 Å². The average molecular weight is 312 g/mol. The van der Waals surface area contributed by atoms with E-state index in [0.717, 1.165) is 36.0 Å². The van der Waals surface area contributed by atoms with Gasteiger partial charge in [-0.15, -0.1) is 0 Å². The molecule has 1 heterocycles. The van der Waals surface area contributed by atoms with Crippen molar-refractivity contribution in [1.29, 1.82) is 0 Å². The van der Waals surface area contributed by atoms with Crippen LogP contribution in [0.4, 0.5) is 0 Å². The molecule has 0 saturated carbocycles. The number of carbonyl (C=O) groups excluding carboxylic acids is 1. The van der Waals surface area contributed by atoms with Crippen LogP contribution in [-0.2, 0) is 16.0 Å². The molecule has 4 heteroatoms. The van der Waals surface area contributed by atoms with Gasteiger partial charge < -0.3 is 9.64 Å². The zero-order valence-electron chi connectivity index (χ0n) is 10.6. The van der Waals surface area contributed by atoms with Gasteiger partial charge in [0.25, 0.3) is 0 Å². The van der Waals surface area contributed by atoms with Gasteiger partial charge in [-0.3, -0.25) is 4.79 Å². The number of ether oxygens (including phenoxy) is 1. The maximum atomic E-state index is 12.1. The third kappa shape index (κ3) is 3.56. The van der Waals surface area contributed by atoms with Crippen molar-refractivity contribution in [2.45, 2.75) is 25.4 Å². The van der Waals surface area contributed by atoms with Crippen LogP contribution < -0.4 is 0 Å². The van der Waals surface area contributed by atoms with Crippen molar-refractivity contribution in [3.05, 3.63) is 34.3 Å². The number of nitrogens with zero attached hydrogens (tertiary/aromatic N) is 1.